The topological polar surface area (TPSA) is 38.3 Å². The van der Waals surface area contributed by atoms with E-state index in [9.17, 15) is 9.18 Å². The summed E-state index contributed by atoms with van der Waals surface area (Å²) in [4.78, 5) is 11.7. The van der Waals surface area contributed by atoms with Crippen LogP contribution in [0.4, 0.5) is 4.39 Å². The van der Waals surface area contributed by atoms with Crippen molar-refractivity contribution in [3.63, 3.8) is 0 Å². The zero-order chi connectivity index (χ0) is 15.1. The number of halogens is 2. The molecule has 0 aromatic heterocycles. The lowest BCUT2D eigenvalue weighted by molar-refractivity contribution is -0.121. The van der Waals surface area contributed by atoms with Crippen molar-refractivity contribution >= 4 is 21.8 Å². The summed E-state index contributed by atoms with van der Waals surface area (Å²) in [6.07, 6.45) is 0.183. The molecule has 3 nitrogen and oxygen atoms in total. The van der Waals surface area contributed by atoms with Crippen molar-refractivity contribution in [1.29, 1.82) is 0 Å². The molecule has 0 saturated carbocycles. The first-order chi connectivity index (χ1) is 10.1. The molecular weight excluding hydrogens is 337 g/mol. The second-order valence-electron chi connectivity index (χ2n) is 4.44. The fourth-order valence-corrected chi connectivity index (χ4v) is 2.20. The highest BCUT2D eigenvalue weighted by Crippen LogP contribution is 2.15. The van der Waals surface area contributed by atoms with Crippen molar-refractivity contribution in [2.24, 2.45) is 0 Å². The molecule has 0 atom stereocenters. The number of nitrogens with one attached hydrogen (secondary N) is 1. The summed E-state index contributed by atoms with van der Waals surface area (Å²) >= 11 is 3.38. The highest BCUT2D eigenvalue weighted by molar-refractivity contribution is 9.10. The van der Waals surface area contributed by atoms with Gasteiger partial charge in [-0.25, -0.2) is 4.39 Å². The molecule has 0 bridgehead atoms. The lowest BCUT2D eigenvalue weighted by Crippen LogP contribution is -2.24. The Kier molecular flexibility index (Phi) is 5.75. The largest absolute Gasteiger partial charge is 0.490 e. The predicted octanol–water partition coefficient (Wildman–Crippen LogP) is 3.67. The smallest absolute Gasteiger partial charge is 0.223 e. The number of hydrogen-bond donors (Lipinski definition) is 1. The number of benzene rings is 2. The third kappa shape index (κ3) is 5.19. The average Bonchev–Trinajstić information content (AvgIpc) is 2.47. The molecule has 21 heavy (non-hydrogen) atoms. The van der Waals surface area contributed by atoms with E-state index >= 15 is 0 Å². The van der Waals surface area contributed by atoms with Gasteiger partial charge in [-0.2, -0.15) is 0 Å². The molecule has 0 heterocycles. The van der Waals surface area contributed by atoms with Crippen molar-refractivity contribution in [2.75, 3.05) is 6.61 Å². The molecule has 0 aliphatic carbocycles. The van der Waals surface area contributed by atoms with Crippen molar-refractivity contribution in [3.05, 3.63) is 64.4 Å². The molecule has 0 aliphatic rings. The number of rotatable bonds is 6. The molecule has 0 radical (unpaired) electrons. The van der Waals surface area contributed by atoms with Crippen LogP contribution >= 0.6 is 15.9 Å². The zero-order valence-electron chi connectivity index (χ0n) is 11.3. The standard InChI is InChI=1S/C16H15BrFNO2/c17-13-5-3-4-12(10-13)11-19-16(20)8-9-21-15-7-2-1-6-14(15)18/h1-7,10H,8-9,11H2,(H,19,20). The third-order valence-electron chi connectivity index (χ3n) is 2.80. The number of carbonyl (C=O) groups excluding carboxylic acids is 1. The summed E-state index contributed by atoms with van der Waals surface area (Å²) in [5, 5.41) is 2.79. The van der Waals surface area contributed by atoms with E-state index in [0.717, 1.165) is 10.0 Å². The lowest BCUT2D eigenvalue weighted by atomic mass is 10.2. The minimum Gasteiger partial charge on any atom is -0.490 e. The molecule has 110 valence electrons. The maximum Gasteiger partial charge on any atom is 0.223 e. The molecule has 2 aromatic rings. The molecule has 0 aliphatic heterocycles. The van der Waals surface area contributed by atoms with E-state index in [4.69, 9.17) is 4.74 Å². The minimum absolute atomic E-state index is 0.133. The minimum atomic E-state index is -0.424. The fourth-order valence-electron chi connectivity index (χ4n) is 1.75. The van der Waals surface area contributed by atoms with Gasteiger partial charge in [0, 0.05) is 11.0 Å². The molecule has 2 aromatic carbocycles. The van der Waals surface area contributed by atoms with Gasteiger partial charge in [-0.1, -0.05) is 40.2 Å². The van der Waals surface area contributed by atoms with Gasteiger partial charge in [0.2, 0.25) is 5.91 Å². The summed E-state index contributed by atoms with van der Waals surface area (Å²) in [5.74, 6) is -0.393. The van der Waals surface area contributed by atoms with Crippen molar-refractivity contribution in [1.82, 2.24) is 5.32 Å². The highest BCUT2D eigenvalue weighted by atomic mass is 79.9. The van der Waals surface area contributed by atoms with Gasteiger partial charge in [0.1, 0.15) is 0 Å². The second-order valence-corrected chi connectivity index (χ2v) is 5.35. The first-order valence-electron chi connectivity index (χ1n) is 6.53. The van der Waals surface area contributed by atoms with Gasteiger partial charge in [-0.3, -0.25) is 4.79 Å². The second kappa shape index (κ2) is 7.78. The number of amides is 1. The van der Waals surface area contributed by atoms with Crippen LogP contribution in [0.3, 0.4) is 0 Å². The summed E-state index contributed by atoms with van der Waals surface area (Å²) in [5.41, 5.74) is 1.01. The number of hydrogen-bond acceptors (Lipinski definition) is 2. The fraction of sp³-hybridized carbons (Fsp3) is 0.188. The maximum absolute atomic E-state index is 13.3. The first kappa shape index (κ1) is 15.5. The van der Waals surface area contributed by atoms with E-state index < -0.39 is 5.82 Å². The Labute approximate surface area is 131 Å². The van der Waals surface area contributed by atoms with Gasteiger partial charge in [-0.15, -0.1) is 0 Å². The number of carbonyl (C=O) groups is 1. The van der Waals surface area contributed by atoms with Crippen LogP contribution in [0.1, 0.15) is 12.0 Å². The van der Waals surface area contributed by atoms with Crippen LogP contribution in [-0.2, 0) is 11.3 Å². The van der Waals surface area contributed by atoms with E-state index in [2.05, 4.69) is 21.2 Å². The Morgan fingerprint density at radius 1 is 1.19 bits per heavy atom. The van der Waals surface area contributed by atoms with Crippen molar-refractivity contribution in [2.45, 2.75) is 13.0 Å². The van der Waals surface area contributed by atoms with E-state index in [-0.39, 0.29) is 24.7 Å². The molecule has 1 amide bonds. The van der Waals surface area contributed by atoms with Crippen LogP contribution in [0.5, 0.6) is 5.75 Å². The van der Waals surface area contributed by atoms with Gasteiger partial charge < -0.3 is 10.1 Å². The Hall–Kier alpha value is -1.88. The molecule has 5 heteroatoms. The number of para-hydroxylation sites is 1. The normalized spacial score (nSPS) is 10.2. The van der Waals surface area contributed by atoms with Crippen LogP contribution in [0.25, 0.3) is 0 Å². The maximum atomic E-state index is 13.3. The van der Waals surface area contributed by atoms with Gasteiger partial charge >= 0.3 is 0 Å². The lowest BCUT2D eigenvalue weighted by Gasteiger charge is -2.08. The summed E-state index contributed by atoms with van der Waals surface area (Å²) < 4.78 is 19.5. The quantitative estimate of drug-likeness (QED) is 0.862. The van der Waals surface area contributed by atoms with E-state index in [1.807, 2.05) is 24.3 Å². The highest BCUT2D eigenvalue weighted by Gasteiger charge is 2.05. The molecule has 0 unspecified atom stereocenters. The van der Waals surface area contributed by atoms with Gasteiger partial charge in [0.15, 0.2) is 11.6 Å². The first-order valence-corrected chi connectivity index (χ1v) is 7.33. The van der Waals surface area contributed by atoms with Crippen LogP contribution in [0.2, 0.25) is 0 Å². The summed E-state index contributed by atoms with van der Waals surface area (Å²) in [7, 11) is 0. The van der Waals surface area contributed by atoms with Gasteiger partial charge in [0.05, 0.1) is 13.0 Å². The molecular formula is C16H15BrFNO2. The van der Waals surface area contributed by atoms with Gasteiger partial charge in [-0.05, 0) is 29.8 Å². The molecule has 1 N–H and O–H groups in total. The van der Waals surface area contributed by atoms with Crippen LogP contribution in [-0.4, -0.2) is 12.5 Å². The SMILES string of the molecule is O=C(CCOc1ccccc1F)NCc1cccc(Br)c1. The molecule has 0 fully saturated rings. The Morgan fingerprint density at radius 2 is 2.00 bits per heavy atom. The molecule has 0 saturated heterocycles. The Balaban J connectivity index is 1.72. The van der Waals surface area contributed by atoms with E-state index in [1.165, 1.54) is 12.1 Å². The third-order valence-corrected chi connectivity index (χ3v) is 3.30. The number of ether oxygens (including phenoxy) is 1. The predicted molar refractivity (Wildman–Crippen MR) is 82.5 cm³/mol. The van der Waals surface area contributed by atoms with Gasteiger partial charge in [0.25, 0.3) is 0 Å². The summed E-state index contributed by atoms with van der Waals surface area (Å²) in [6.45, 7) is 0.600. The van der Waals surface area contributed by atoms with Crippen LogP contribution in [0, 0.1) is 5.82 Å². The Morgan fingerprint density at radius 3 is 2.76 bits per heavy atom. The molecule has 0 spiro atoms. The van der Waals surface area contributed by atoms with Crippen molar-refractivity contribution < 1.29 is 13.9 Å². The molecule has 2 rings (SSSR count). The van der Waals surface area contributed by atoms with Crippen LogP contribution in [0.15, 0.2) is 53.0 Å². The average molecular weight is 352 g/mol. The van der Waals surface area contributed by atoms with E-state index in [0.29, 0.717) is 6.54 Å². The van der Waals surface area contributed by atoms with E-state index in [1.54, 1.807) is 12.1 Å². The monoisotopic (exact) mass is 351 g/mol. The van der Waals surface area contributed by atoms with Crippen LogP contribution < -0.4 is 10.1 Å². The van der Waals surface area contributed by atoms with Crippen molar-refractivity contribution in [3.8, 4) is 5.75 Å². The Bertz CT molecular complexity index is 619. The summed E-state index contributed by atoms with van der Waals surface area (Å²) in [6, 6.07) is 13.8. The zero-order valence-corrected chi connectivity index (χ0v) is 12.9.